The zero-order valence-corrected chi connectivity index (χ0v) is 9.10. The fourth-order valence-electron chi connectivity index (χ4n) is 1.58. The molecule has 1 atom stereocenters. The van der Waals surface area contributed by atoms with Crippen LogP contribution in [0.4, 0.5) is 0 Å². The van der Waals surface area contributed by atoms with Crippen molar-refractivity contribution in [2.45, 2.75) is 26.1 Å². The smallest absolute Gasteiger partial charge is 0.217 e. The second kappa shape index (κ2) is 4.45. The lowest BCUT2D eigenvalue weighted by Crippen LogP contribution is -2.34. The molecular formula is C12H16N2O. The number of nitrogens with zero attached hydrogens (tertiary/aromatic N) is 1. The average molecular weight is 204 g/mol. The second-order valence-corrected chi connectivity index (χ2v) is 3.95. The van der Waals surface area contributed by atoms with Crippen LogP contribution in [-0.4, -0.2) is 24.7 Å². The Morgan fingerprint density at radius 2 is 2.07 bits per heavy atom. The van der Waals surface area contributed by atoms with Crippen molar-refractivity contribution in [3.8, 4) is 0 Å². The summed E-state index contributed by atoms with van der Waals surface area (Å²) in [5, 5.41) is 3.33. The molecule has 3 heteroatoms. The maximum absolute atomic E-state index is 5.54. The highest BCUT2D eigenvalue weighted by Gasteiger charge is 2.19. The van der Waals surface area contributed by atoms with Crippen molar-refractivity contribution in [3.05, 3.63) is 35.9 Å². The van der Waals surface area contributed by atoms with Gasteiger partial charge in [0.15, 0.2) is 0 Å². The van der Waals surface area contributed by atoms with Gasteiger partial charge in [-0.1, -0.05) is 18.2 Å². The van der Waals surface area contributed by atoms with Crippen molar-refractivity contribution in [1.29, 1.82) is 0 Å². The van der Waals surface area contributed by atoms with Gasteiger partial charge in [0.05, 0.1) is 0 Å². The largest absolute Gasteiger partial charge is 0.474 e. The molecule has 0 bridgehead atoms. The van der Waals surface area contributed by atoms with E-state index in [1.807, 2.05) is 30.3 Å². The molecule has 0 saturated carbocycles. The zero-order chi connectivity index (χ0) is 10.7. The number of hydrogen-bond acceptors (Lipinski definition) is 3. The minimum atomic E-state index is 0.0974. The summed E-state index contributed by atoms with van der Waals surface area (Å²) in [4.78, 5) is 4.48. The number of ether oxygens (including phenoxy) is 1. The Labute approximate surface area is 90.2 Å². The molecule has 0 aliphatic carbocycles. The molecule has 15 heavy (non-hydrogen) atoms. The lowest BCUT2D eigenvalue weighted by Gasteiger charge is -2.10. The number of nitrogens with one attached hydrogen (secondary N) is 1. The molecule has 1 aromatic carbocycles. The highest BCUT2D eigenvalue weighted by Crippen LogP contribution is 2.10. The highest BCUT2D eigenvalue weighted by atomic mass is 16.5. The van der Waals surface area contributed by atoms with Crippen molar-refractivity contribution in [2.75, 3.05) is 6.61 Å². The first-order valence-electron chi connectivity index (χ1n) is 5.28. The van der Waals surface area contributed by atoms with Crippen LogP contribution in [0.5, 0.6) is 0 Å². The SMILES string of the molecule is CC(C)NC1COC(c2ccccc2)=N1. The quantitative estimate of drug-likeness (QED) is 0.814. The molecular weight excluding hydrogens is 188 g/mol. The standard InChI is InChI=1S/C12H16N2O/c1-9(2)13-11-8-15-12(14-11)10-6-4-3-5-7-10/h3-7,9,11,13H,8H2,1-2H3. The van der Waals surface area contributed by atoms with Crippen LogP contribution < -0.4 is 5.32 Å². The molecule has 3 nitrogen and oxygen atoms in total. The van der Waals surface area contributed by atoms with Gasteiger partial charge in [0.2, 0.25) is 5.90 Å². The van der Waals surface area contributed by atoms with Crippen LogP contribution in [0.1, 0.15) is 19.4 Å². The van der Waals surface area contributed by atoms with E-state index < -0.39 is 0 Å². The lowest BCUT2D eigenvalue weighted by atomic mass is 10.2. The van der Waals surface area contributed by atoms with E-state index in [4.69, 9.17) is 4.74 Å². The van der Waals surface area contributed by atoms with E-state index in [1.165, 1.54) is 0 Å². The maximum Gasteiger partial charge on any atom is 0.217 e. The van der Waals surface area contributed by atoms with Gasteiger partial charge >= 0.3 is 0 Å². The van der Waals surface area contributed by atoms with Gasteiger partial charge in [-0.05, 0) is 26.0 Å². The minimum absolute atomic E-state index is 0.0974. The van der Waals surface area contributed by atoms with Crippen molar-refractivity contribution < 1.29 is 4.74 Å². The fourth-order valence-corrected chi connectivity index (χ4v) is 1.58. The molecule has 0 fully saturated rings. The molecule has 1 N–H and O–H groups in total. The normalized spacial score (nSPS) is 20.2. The van der Waals surface area contributed by atoms with Gasteiger partial charge in [-0.25, -0.2) is 4.99 Å². The summed E-state index contributed by atoms with van der Waals surface area (Å²) in [6.45, 7) is 4.84. The van der Waals surface area contributed by atoms with Crippen molar-refractivity contribution >= 4 is 5.90 Å². The summed E-state index contributed by atoms with van der Waals surface area (Å²) in [5.74, 6) is 0.744. The number of aliphatic imine (C=N–C) groups is 1. The molecule has 0 amide bonds. The maximum atomic E-state index is 5.54. The summed E-state index contributed by atoms with van der Waals surface area (Å²) in [5.41, 5.74) is 1.05. The Bertz CT molecular complexity index is 346. The Kier molecular flexibility index (Phi) is 3.02. The zero-order valence-electron chi connectivity index (χ0n) is 9.10. The third-order valence-corrected chi connectivity index (χ3v) is 2.20. The summed E-state index contributed by atoms with van der Waals surface area (Å²) >= 11 is 0. The average Bonchev–Trinajstić information content (AvgIpc) is 2.67. The monoisotopic (exact) mass is 204 g/mol. The molecule has 80 valence electrons. The van der Waals surface area contributed by atoms with E-state index >= 15 is 0 Å². The van der Waals surface area contributed by atoms with Crippen LogP contribution in [-0.2, 0) is 4.74 Å². The van der Waals surface area contributed by atoms with Crippen LogP contribution in [0.25, 0.3) is 0 Å². The van der Waals surface area contributed by atoms with Gasteiger partial charge in [-0.3, -0.25) is 5.32 Å². The summed E-state index contributed by atoms with van der Waals surface area (Å²) in [7, 11) is 0. The predicted molar refractivity (Wildman–Crippen MR) is 61.0 cm³/mol. The molecule has 0 radical (unpaired) electrons. The minimum Gasteiger partial charge on any atom is -0.474 e. The summed E-state index contributed by atoms with van der Waals surface area (Å²) in [6, 6.07) is 10.4. The Hall–Kier alpha value is -1.35. The van der Waals surface area contributed by atoms with Crippen LogP contribution in [0.3, 0.4) is 0 Å². The predicted octanol–water partition coefficient (Wildman–Crippen LogP) is 1.79. The van der Waals surface area contributed by atoms with Gasteiger partial charge in [0, 0.05) is 11.6 Å². The Morgan fingerprint density at radius 1 is 1.33 bits per heavy atom. The van der Waals surface area contributed by atoms with Gasteiger partial charge in [-0.15, -0.1) is 0 Å². The molecule has 0 aromatic heterocycles. The number of rotatable bonds is 3. The molecule has 1 heterocycles. The van der Waals surface area contributed by atoms with Gasteiger partial charge in [0.1, 0.15) is 12.8 Å². The second-order valence-electron chi connectivity index (χ2n) is 3.95. The molecule has 1 aliphatic heterocycles. The van der Waals surface area contributed by atoms with E-state index in [9.17, 15) is 0 Å². The first-order valence-corrected chi connectivity index (χ1v) is 5.28. The topological polar surface area (TPSA) is 33.6 Å². The molecule has 1 unspecified atom stereocenters. The van der Waals surface area contributed by atoms with Gasteiger partial charge in [-0.2, -0.15) is 0 Å². The Morgan fingerprint density at radius 3 is 2.73 bits per heavy atom. The fraction of sp³-hybridized carbons (Fsp3) is 0.417. The van der Waals surface area contributed by atoms with Crippen molar-refractivity contribution in [3.63, 3.8) is 0 Å². The van der Waals surface area contributed by atoms with E-state index in [2.05, 4.69) is 24.2 Å². The van der Waals surface area contributed by atoms with Gasteiger partial charge in [0.25, 0.3) is 0 Å². The first kappa shape index (κ1) is 10.2. The molecule has 1 aliphatic rings. The van der Waals surface area contributed by atoms with E-state index in [1.54, 1.807) is 0 Å². The van der Waals surface area contributed by atoms with Crippen LogP contribution in [0.2, 0.25) is 0 Å². The third-order valence-electron chi connectivity index (χ3n) is 2.20. The van der Waals surface area contributed by atoms with Crippen molar-refractivity contribution in [1.82, 2.24) is 5.32 Å². The van der Waals surface area contributed by atoms with E-state index in [-0.39, 0.29) is 6.17 Å². The van der Waals surface area contributed by atoms with E-state index in [0.717, 1.165) is 11.5 Å². The number of benzene rings is 1. The third kappa shape index (κ3) is 2.57. The van der Waals surface area contributed by atoms with Crippen LogP contribution in [0.15, 0.2) is 35.3 Å². The Balaban J connectivity index is 2.07. The van der Waals surface area contributed by atoms with E-state index in [0.29, 0.717) is 12.6 Å². The highest BCUT2D eigenvalue weighted by molar-refractivity contribution is 5.95. The molecule has 1 aromatic rings. The molecule has 2 rings (SSSR count). The number of hydrogen-bond donors (Lipinski definition) is 1. The van der Waals surface area contributed by atoms with Crippen LogP contribution >= 0.6 is 0 Å². The van der Waals surface area contributed by atoms with Crippen molar-refractivity contribution in [2.24, 2.45) is 4.99 Å². The lowest BCUT2D eigenvalue weighted by molar-refractivity contribution is 0.291. The molecule has 0 spiro atoms. The summed E-state index contributed by atoms with van der Waals surface area (Å²) in [6.07, 6.45) is 0.0974. The molecule has 0 saturated heterocycles. The van der Waals surface area contributed by atoms with Crippen LogP contribution in [0, 0.1) is 0 Å². The summed E-state index contributed by atoms with van der Waals surface area (Å²) < 4.78 is 5.54. The first-order chi connectivity index (χ1) is 7.25. The van der Waals surface area contributed by atoms with Gasteiger partial charge < -0.3 is 4.74 Å².